The number of fused-ring (bicyclic) bond motifs is 1. The second kappa shape index (κ2) is 5.62. The summed E-state index contributed by atoms with van der Waals surface area (Å²) in [7, 11) is 0. The lowest BCUT2D eigenvalue weighted by molar-refractivity contribution is 0.307. The predicted molar refractivity (Wildman–Crippen MR) is 84.5 cm³/mol. The third-order valence-electron chi connectivity index (χ3n) is 5.48. The second-order valence-electron chi connectivity index (χ2n) is 7.12. The lowest BCUT2D eigenvalue weighted by Crippen LogP contribution is -2.31. The van der Waals surface area contributed by atoms with Gasteiger partial charge in [-0.25, -0.2) is 0 Å². The summed E-state index contributed by atoms with van der Waals surface area (Å²) in [6.07, 6.45) is 7.82. The van der Waals surface area contributed by atoms with Crippen molar-refractivity contribution in [1.29, 1.82) is 0 Å². The molecular weight excluding hydrogens is 260 g/mol. The maximum atomic E-state index is 9.75. The van der Waals surface area contributed by atoms with Crippen LogP contribution in [0.4, 0.5) is 0 Å². The highest BCUT2D eigenvalue weighted by Crippen LogP contribution is 2.34. The van der Waals surface area contributed by atoms with Crippen molar-refractivity contribution < 1.29 is 5.11 Å². The van der Waals surface area contributed by atoms with E-state index in [-0.39, 0.29) is 0 Å². The van der Waals surface area contributed by atoms with Crippen molar-refractivity contribution in [2.75, 3.05) is 19.6 Å². The van der Waals surface area contributed by atoms with Gasteiger partial charge in [0.05, 0.1) is 0 Å². The van der Waals surface area contributed by atoms with Crippen molar-refractivity contribution in [3.05, 3.63) is 29.3 Å². The standard InChI is InChI=1S/C18H26N2O/c21-16-7-4-14-2-1-3-18(17(14)10-16)19-11-13-8-9-20(12-13)15-5-6-15/h4,7,10,13,15,18-19,21H,1-3,5-6,8-9,11-12H2. The fraction of sp³-hybridized carbons (Fsp3) is 0.667. The molecule has 3 nitrogen and oxygen atoms in total. The topological polar surface area (TPSA) is 35.5 Å². The van der Waals surface area contributed by atoms with Crippen LogP contribution >= 0.6 is 0 Å². The molecule has 2 atom stereocenters. The first-order valence-electron chi connectivity index (χ1n) is 8.59. The van der Waals surface area contributed by atoms with Crippen LogP contribution in [0.2, 0.25) is 0 Å². The molecule has 1 saturated heterocycles. The highest BCUT2D eigenvalue weighted by atomic mass is 16.3. The number of nitrogens with one attached hydrogen (secondary N) is 1. The monoisotopic (exact) mass is 286 g/mol. The summed E-state index contributed by atoms with van der Waals surface area (Å²) in [4.78, 5) is 2.69. The van der Waals surface area contributed by atoms with Crippen molar-refractivity contribution >= 4 is 0 Å². The first kappa shape index (κ1) is 13.6. The third kappa shape index (κ3) is 2.95. The molecule has 1 aliphatic heterocycles. The van der Waals surface area contributed by atoms with Gasteiger partial charge >= 0.3 is 0 Å². The van der Waals surface area contributed by atoms with Crippen LogP contribution in [0.15, 0.2) is 18.2 Å². The summed E-state index contributed by atoms with van der Waals surface area (Å²) in [5.41, 5.74) is 2.75. The lowest BCUT2D eigenvalue weighted by Gasteiger charge is -2.28. The van der Waals surface area contributed by atoms with E-state index < -0.39 is 0 Å². The number of phenolic OH excluding ortho intramolecular Hbond substituents is 1. The Morgan fingerprint density at radius 2 is 2.10 bits per heavy atom. The number of hydrogen-bond acceptors (Lipinski definition) is 3. The Labute approximate surface area is 127 Å². The number of benzene rings is 1. The fourth-order valence-corrected chi connectivity index (χ4v) is 4.11. The largest absolute Gasteiger partial charge is 0.508 e. The van der Waals surface area contributed by atoms with Gasteiger partial charge in [-0.3, -0.25) is 0 Å². The van der Waals surface area contributed by atoms with Crippen LogP contribution in [0.25, 0.3) is 0 Å². The molecule has 21 heavy (non-hydrogen) atoms. The quantitative estimate of drug-likeness (QED) is 0.893. The molecule has 2 N–H and O–H groups in total. The smallest absolute Gasteiger partial charge is 0.115 e. The van der Waals surface area contributed by atoms with Gasteiger partial charge in [0.25, 0.3) is 0 Å². The molecule has 0 radical (unpaired) electrons. The minimum absolute atomic E-state index is 0.406. The first-order chi connectivity index (χ1) is 10.3. The Kier molecular flexibility index (Phi) is 3.64. The third-order valence-corrected chi connectivity index (χ3v) is 5.48. The van der Waals surface area contributed by atoms with Crippen molar-refractivity contribution in [2.24, 2.45) is 5.92 Å². The Hall–Kier alpha value is -1.06. The normalized spacial score (nSPS) is 29.5. The zero-order valence-electron chi connectivity index (χ0n) is 12.7. The van der Waals surface area contributed by atoms with Gasteiger partial charge in [0.1, 0.15) is 5.75 Å². The van der Waals surface area contributed by atoms with Crippen molar-refractivity contribution in [2.45, 2.75) is 50.6 Å². The molecule has 2 unspecified atom stereocenters. The summed E-state index contributed by atoms with van der Waals surface area (Å²) in [5, 5.41) is 13.5. The molecule has 0 amide bonds. The van der Waals surface area contributed by atoms with Crippen LogP contribution in [0.5, 0.6) is 5.75 Å². The predicted octanol–water partition coefficient (Wildman–Crippen LogP) is 2.84. The molecule has 3 aliphatic rings. The Balaban J connectivity index is 1.36. The number of phenols is 1. The van der Waals surface area contributed by atoms with E-state index in [2.05, 4.69) is 16.3 Å². The Morgan fingerprint density at radius 3 is 2.95 bits per heavy atom. The summed E-state index contributed by atoms with van der Waals surface area (Å²) in [6.45, 7) is 3.72. The second-order valence-corrected chi connectivity index (χ2v) is 7.12. The number of aromatic hydroxyl groups is 1. The number of likely N-dealkylation sites (tertiary alicyclic amines) is 1. The molecule has 2 fully saturated rings. The summed E-state index contributed by atoms with van der Waals surface area (Å²) < 4.78 is 0. The molecule has 114 valence electrons. The van der Waals surface area contributed by atoms with Crippen LogP contribution in [-0.2, 0) is 6.42 Å². The summed E-state index contributed by atoms with van der Waals surface area (Å²) in [5.74, 6) is 1.22. The molecular formula is C18H26N2O. The van der Waals surface area contributed by atoms with Crippen molar-refractivity contribution in [1.82, 2.24) is 10.2 Å². The lowest BCUT2D eigenvalue weighted by atomic mass is 9.87. The molecule has 3 heteroatoms. The maximum absolute atomic E-state index is 9.75. The van der Waals surface area contributed by atoms with Crippen LogP contribution < -0.4 is 5.32 Å². The molecule has 1 aromatic rings. The van der Waals surface area contributed by atoms with E-state index in [9.17, 15) is 5.11 Å². The zero-order chi connectivity index (χ0) is 14.2. The van der Waals surface area contributed by atoms with E-state index in [1.165, 1.54) is 56.3 Å². The van der Waals surface area contributed by atoms with Gasteiger partial charge in [-0.1, -0.05) is 6.07 Å². The average molecular weight is 286 g/mol. The van der Waals surface area contributed by atoms with E-state index in [0.717, 1.165) is 24.9 Å². The molecule has 2 aliphatic carbocycles. The molecule has 1 saturated carbocycles. The van der Waals surface area contributed by atoms with Crippen LogP contribution in [0, 0.1) is 5.92 Å². The van der Waals surface area contributed by atoms with Gasteiger partial charge in [-0.15, -0.1) is 0 Å². The van der Waals surface area contributed by atoms with E-state index in [1.54, 1.807) is 0 Å². The number of rotatable bonds is 4. The van der Waals surface area contributed by atoms with Gasteiger partial charge in [-0.05, 0) is 80.8 Å². The van der Waals surface area contributed by atoms with Crippen LogP contribution in [0.3, 0.4) is 0 Å². The summed E-state index contributed by atoms with van der Waals surface area (Å²) >= 11 is 0. The molecule has 0 spiro atoms. The highest BCUT2D eigenvalue weighted by Gasteiger charge is 2.34. The van der Waals surface area contributed by atoms with E-state index in [1.807, 2.05) is 12.1 Å². The molecule has 1 heterocycles. The van der Waals surface area contributed by atoms with Gasteiger partial charge < -0.3 is 15.3 Å². The average Bonchev–Trinajstić information content (AvgIpc) is 3.24. The van der Waals surface area contributed by atoms with Gasteiger partial charge in [0.2, 0.25) is 0 Å². The van der Waals surface area contributed by atoms with Crippen molar-refractivity contribution in [3.8, 4) is 5.75 Å². The van der Waals surface area contributed by atoms with E-state index >= 15 is 0 Å². The van der Waals surface area contributed by atoms with Crippen molar-refractivity contribution in [3.63, 3.8) is 0 Å². The van der Waals surface area contributed by atoms with Crippen LogP contribution in [-0.4, -0.2) is 35.7 Å². The molecule has 0 bridgehead atoms. The molecule has 0 aromatic heterocycles. The van der Waals surface area contributed by atoms with Gasteiger partial charge in [0.15, 0.2) is 0 Å². The van der Waals surface area contributed by atoms with E-state index in [4.69, 9.17) is 0 Å². The number of nitrogens with zero attached hydrogens (tertiary/aromatic N) is 1. The molecule has 1 aromatic carbocycles. The van der Waals surface area contributed by atoms with E-state index in [0.29, 0.717) is 11.8 Å². The minimum Gasteiger partial charge on any atom is -0.508 e. The van der Waals surface area contributed by atoms with Crippen LogP contribution in [0.1, 0.15) is 49.3 Å². The number of hydrogen-bond donors (Lipinski definition) is 2. The maximum Gasteiger partial charge on any atom is 0.115 e. The van der Waals surface area contributed by atoms with Gasteiger partial charge in [0, 0.05) is 18.6 Å². The first-order valence-corrected chi connectivity index (χ1v) is 8.59. The SMILES string of the molecule is Oc1ccc2c(c1)C(NCC1CCN(C3CC3)C1)CCC2. The summed E-state index contributed by atoms with van der Waals surface area (Å²) in [6, 6.07) is 7.25. The Morgan fingerprint density at radius 1 is 1.19 bits per heavy atom. The minimum atomic E-state index is 0.406. The highest BCUT2D eigenvalue weighted by molar-refractivity contribution is 5.38. The molecule has 4 rings (SSSR count). The zero-order valence-corrected chi connectivity index (χ0v) is 12.7. The Bertz CT molecular complexity index is 512. The fourth-order valence-electron chi connectivity index (χ4n) is 4.11. The number of aryl methyl sites for hydroxylation is 1. The van der Waals surface area contributed by atoms with Gasteiger partial charge in [-0.2, -0.15) is 0 Å².